The third kappa shape index (κ3) is 4.10. The number of aryl methyl sites for hydroxylation is 1. The molecule has 0 aromatic heterocycles. The molecule has 0 saturated heterocycles. The molecule has 0 heterocycles. The lowest BCUT2D eigenvalue weighted by Crippen LogP contribution is -2.24. The first kappa shape index (κ1) is 18.9. The number of carbonyl (C=O) groups is 1. The van der Waals surface area contributed by atoms with Crippen molar-refractivity contribution in [3.8, 4) is 0 Å². The largest absolute Gasteiger partial charge is 0.322 e. The Morgan fingerprint density at radius 1 is 1.08 bits per heavy atom. The monoisotopic (exact) mass is 391 g/mol. The Morgan fingerprint density at radius 3 is 2.50 bits per heavy atom. The minimum atomic E-state index is -3.45. The van der Waals surface area contributed by atoms with Crippen LogP contribution in [0.25, 0.3) is 0 Å². The van der Waals surface area contributed by atoms with Crippen LogP contribution >= 0.6 is 11.6 Å². The second-order valence-corrected chi connectivity index (χ2v) is 9.41. The van der Waals surface area contributed by atoms with Crippen molar-refractivity contribution < 1.29 is 13.2 Å². The molecule has 1 fully saturated rings. The molecule has 0 atom stereocenters. The van der Waals surface area contributed by atoms with Crippen molar-refractivity contribution in [2.75, 3.05) is 5.32 Å². The van der Waals surface area contributed by atoms with Gasteiger partial charge in [-0.25, -0.2) is 8.42 Å². The molecular formula is C20H22ClNO3S. The molecule has 0 radical (unpaired) electrons. The summed E-state index contributed by atoms with van der Waals surface area (Å²) in [6.45, 7) is 1.93. The predicted molar refractivity (Wildman–Crippen MR) is 105 cm³/mol. The summed E-state index contributed by atoms with van der Waals surface area (Å²) in [4.78, 5) is 12.8. The van der Waals surface area contributed by atoms with Crippen molar-refractivity contribution in [3.05, 3.63) is 58.6 Å². The molecule has 138 valence electrons. The second-order valence-electron chi connectivity index (χ2n) is 6.77. The predicted octanol–water partition coefficient (Wildman–Crippen LogP) is 5.01. The van der Waals surface area contributed by atoms with E-state index in [1.165, 1.54) is 18.2 Å². The maximum absolute atomic E-state index is 12.9. The number of carbonyl (C=O) groups excluding carboxylic acids is 1. The summed E-state index contributed by atoms with van der Waals surface area (Å²) in [5.74, 6) is -0.415. The first-order chi connectivity index (χ1) is 12.4. The van der Waals surface area contributed by atoms with E-state index in [0.717, 1.165) is 24.8 Å². The number of nitrogens with one attached hydrogen (secondary N) is 1. The molecule has 1 aliphatic rings. The van der Waals surface area contributed by atoms with E-state index >= 15 is 0 Å². The molecule has 1 saturated carbocycles. The Morgan fingerprint density at radius 2 is 1.81 bits per heavy atom. The number of halogens is 1. The highest BCUT2D eigenvalue weighted by atomic mass is 35.5. The molecule has 0 unspecified atom stereocenters. The van der Waals surface area contributed by atoms with E-state index in [1.54, 1.807) is 6.07 Å². The molecule has 2 aromatic rings. The Kier molecular flexibility index (Phi) is 5.68. The summed E-state index contributed by atoms with van der Waals surface area (Å²) < 4.78 is 25.8. The van der Waals surface area contributed by atoms with Gasteiger partial charge in [-0.3, -0.25) is 4.79 Å². The SMILES string of the molecule is Cc1cccc(NC(=O)c2cc(S(=O)(=O)C3CCCCC3)ccc2Cl)c1. The molecule has 0 spiro atoms. The van der Waals surface area contributed by atoms with Gasteiger partial charge in [-0.15, -0.1) is 0 Å². The maximum atomic E-state index is 12.9. The zero-order valence-corrected chi connectivity index (χ0v) is 16.2. The Balaban J connectivity index is 1.88. The van der Waals surface area contributed by atoms with Gasteiger partial charge in [-0.2, -0.15) is 0 Å². The van der Waals surface area contributed by atoms with E-state index in [4.69, 9.17) is 11.6 Å². The van der Waals surface area contributed by atoms with E-state index < -0.39 is 15.7 Å². The molecule has 2 aromatic carbocycles. The lowest BCUT2D eigenvalue weighted by Gasteiger charge is -2.22. The summed E-state index contributed by atoms with van der Waals surface area (Å²) in [7, 11) is -3.45. The molecule has 3 rings (SSSR count). The van der Waals surface area contributed by atoms with Gasteiger partial charge in [0, 0.05) is 5.69 Å². The normalized spacial score (nSPS) is 15.6. The van der Waals surface area contributed by atoms with E-state index in [0.29, 0.717) is 18.5 Å². The number of benzene rings is 2. The van der Waals surface area contributed by atoms with Crippen LogP contribution in [0.4, 0.5) is 5.69 Å². The van der Waals surface area contributed by atoms with Crippen LogP contribution in [0.15, 0.2) is 47.4 Å². The topological polar surface area (TPSA) is 63.2 Å². The van der Waals surface area contributed by atoms with Crippen LogP contribution in [0, 0.1) is 6.92 Å². The molecule has 26 heavy (non-hydrogen) atoms. The number of rotatable bonds is 4. The van der Waals surface area contributed by atoms with Crippen LogP contribution in [0.5, 0.6) is 0 Å². The van der Waals surface area contributed by atoms with Crippen molar-refractivity contribution in [1.82, 2.24) is 0 Å². The molecule has 0 bridgehead atoms. The highest BCUT2D eigenvalue weighted by Gasteiger charge is 2.29. The summed E-state index contributed by atoms with van der Waals surface area (Å²) in [5, 5.41) is 2.64. The van der Waals surface area contributed by atoms with Crippen molar-refractivity contribution in [2.45, 2.75) is 49.2 Å². The van der Waals surface area contributed by atoms with Gasteiger partial charge in [0.1, 0.15) is 0 Å². The molecular weight excluding hydrogens is 370 g/mol. The lowest BCUT2D eigenvalue weighted by molar-refractivity contribution is 0.102. The summed E-state index contributed by atoms with van der Waals surface area (Å²) in [6.07, 6.45) is 4.29. The fraction of sp³-hybridized carbons (Fsp3) is 0.350. The van der Waals surface area contributed by atoms with Gasteiger partial charge in [-0.1, -0.05) is 43.0 Å². The van der Waals surface area contributed by atoms with Gasteiger partial charge in [-0.05, 0) is 55.7 Å². The first-order valence-corrected chi connectivity index (χ1v) is 10.7. The quantitative estimate of drug-likeness (QED) is 0.796. The molecule has 1 amide bonds. The van der Waals surface area contributed by atoms with Crippen LogP contribution in [0.2, 0.25) is 5.02 Å². The third-order valence-electron chi connectivity index (χ3n) is 4.78. The molecule has 6 heteroatoms. The van der Waals surface area contributed by atoms with Gasteiger partial charge < -0.3 is 5.32 Å². The Bertz CT molecular complexity index is 918. The maximum Gasteiger partial charge on any atom is 0.257 e. The Labute approximate surface area is 159 Å². The minimum absolute atomic E-state index is 0.170. The molecule has 1 aliphatic carbocycles. The van der Waals surface area contributed by atoms with E-state index in [2.05, 4.69) is 5.32 Å². The van der Waals surface area contributed by atoms with E-state index in [-0.39, 0.29) is 20.7 Å². The zero-order valence-electron chi connectivity index (χ0n) is 14.7. The van der Waals surface area contributed by atoms with Gasteiger partial charge in [0.2, 0.25) is 0 Å². The second kappa shape index (κ2) is 7.80. The van der Waals surface area contributed by atoms with E-state index in [1.807, 2.05) is 25.1 Å². The number of amides is 1. The lowest BCUT2D eigenvalue weighted by atomic mass is 10.0. The van der Waals surface area contributed by atoms with Gasteiger partial charge in [0.05, 0.1) is 20.7 Å². The van der Waals surface area contributed by atoms with Crippen LogP contribution in [-0.2, 0) is 9.84 Å². The number of hydrogen-bond acceptors (Lipinski definition) is 3. The Hall–Kier alpha value is -1.85. The van der Waals surface area contributed by atoms with Crippen LogP contribution in [0.1, 0.15) is 48.0 Å². The summed E-state index contributed by atoms with van der Waals surface area (Å²) >= 11 is 6.17. The van der Waals surface area contributed by atoms with Gasteiger partial charge in [0.25, 0.3) is 5.91 Å². The number of sulfone groups is 1. The molecule has 4 nitrogen and oxygen atoms in total. The first-order valence-electron chi connectivity index (χ1n) is 8.79. The molecule has 0 aliphatic heterocycles. The van der Waals surface area contributed by atoms with Crippen LogP contribution in [-0.4, -0.2) is 19.6 Å². The third-order valence-corrected chi connectivity index (χ3v) is 7.37. The molecule has 1 N–H and O–H groups in total. The summed E-state index contributed by atoms with van der Waals surface area (Å²) in [6, 6.07) is 11.8. The average Bonchev–Trinajstić information content (AvgIpc) is 2.62. The highest BCUT2D eigenvalue weighted by Crippen LogP contribution is 2.30. The standard InChI is InChI=1S/C20H22ClNO3S/c1-14-6-5-7-15(12-14)22-20(23)18-13-17(10-11-19(18)21)26(24,25)16-8-3-2-4-9-16/h5-7,10-13,16H,2-4,8-9H2,1H3,(H,22,23). The van der Waals surface area contributed by atoms with Crippen molar-refractivity contribution in [3.63, 3.8) is 0 Å². The minimum Gasteiger partial charge on any atom is -0.322 e. The van der Waals surface area contributed by atoms with Crippen molar-refractivity contribution in [2.24, 2.45) is 0 Å². The smallest absolute Gasteiger partial charge is 0.257 e. The van der Waals surface area contributed by atoms with E-state index in [9.17, 15) is 13.2 Å². The zero-order chi connectivity index (χ0) is 18.7. The van der Waals surface area contributed by atoms with Crippen LogP contribution in [0.3, 0.4) is 0 Å². The average molecular weight is 392 g/mol. The highest BCUT2D eigenvalue weighted by molar-refractivity contribution is 7.92. The summed E-state index contributed by atoms with van der Waals surface area (Å²) in [5.41, 5.74) is 1.83. The fourth-order valence-corrected chi connectivity index (χ4v) is 5.43. The van der Waals surface area contributed by atoms with Gasteiger partial charge in [0.15, 0.2) is 9.84 Å². The fourth-order valence-electron chi connectivity index (χ4n) is 3.34. The van der Waals surface area contributed by atoms with Crippen molar-refractivity contribution in [1.29, 1.82) is 0 Å². The number of anilines is 1. The number of hydrogen-bond donors (Lipinski definition) is 1. The van der Waals surface area contributed by atoms with Gasteiger partial charge >= 0.3 is 0 Å². The van der Waals surface area contributed by atoms with Crippen LogP contribution < -0.4 is 5.32 Å². The van der Waals surface area contributed by atoms with Crippen molar-refractivity contribution >= 4 is 33.0 Å².